The average molecular weight is 502 g/mol. The van der Waals surface area contributed by atoms with Gasteiger partial charge in [-0.25, -0.2) is 9.78 Å². The smallest absolute Gasteiger partial charge is 0.326 e. The molecule has 3 aromatic rings. The van der Waals surface area contributed by atoms with E-state index in [1.165, 1.54) is 12.1 Å². The van der Waals surface area contributed by atoms with Gasteiger partial charge in [0.25, 0.3) is 5.91 Å². The zero-order valence-electron chi connectivity index (χ0n) is 18.6. The van der Waals surface area contributed by atoms with E-state index in [0.717, 1.165) is 29.9 Å². The summed E-state index contributed by atoms with van der Waals surface area (Å²) in [6.07, 6.45) is 2.63. The molecule has 9 heteroatoms. The highest BCUT2D eigenvalue weighted by Gasteiger charge is 2.23. The fourth-order valence-electron chi connectivity index (χ4n) is 3.24. The third-order valence-corrected chi connectivity index (χ3v) is 5.68. The highest BCUT2D eigenvalue weighted by Crippen LogP contribution is 2.24. The van der Waals surface area contributed by atoms with Crippen molar-refractivity contribution in [3.05, 3.63) is 87.5 Å². The molecule has 3 N–H and O–H groups in total. The normalized spacial score (nSPS) is 11.5. The lowest BCUT2D eigenvalue weighted by Gasteiger charge is -2.16. The van der Waals surface area contributed by atoms with Crippen molar-refractivity contribution >= 4 is 40.9 Å². The van der Waals surface area contributed by atoms with Gasteiger partial charge in [-0.15, -0.1) is 0 Å². The molecule has 0 aliphatic rings. The highest BCUT2D eigenvalue weighted by molar-refractivity contribution is 6.39. The van der Waals surface area contributed by atoms with E-state index in [2.05, 4.69) is 15.6 Å². The number of halogens is 2. The van der Waals surface area contributed by atoms with Crippen LogP contribution in [0.4, 0.5) is 5.82 Å². The van der Waals surface area contributed by atoms with Crippen LogP contribution in [-0.4, -0.2) is 41.2 Å². The number of benzene rings is 2. The van der Waals surface area contributed by atoms with Crippen LogP contribution >= 0.6 is 23.2 Å². The van der Waals surface area contributed by atoms with Gasteiger partial charge in [-0.3, -0.25) is 4.79 Å². The molecular weight excluding hydrogens is 477 g/mol. The number of amides is 1. The number of rotatable bonds is 11. The number of aryl methyl sites for hydroxylation is 1. The van der Waals surface area contributed by atoms with Gasteiger partial charge in [-0.05, 0) is 54.8 Å². The van der Waals surface area contributed by atoms with Crippen molar-refractivity contribution in [3.63, 3.8) is 0 Å². The Hall–Kier alpha value is -3.29. The number of carboxylic acid groups (broad SMARTS) is 1. The predicted molar refractivity (Wildman–Crippen MR) is 133 cm³/mol. The first-order chi connectivity index (χ1) is 16.3. The molecule has 0 aliphatic heterocycles. The van der Waals surface area contributed by atoms with E-state index in [1.807, 2.05) is 19.1 Å². The van der Waals surface area contributed by atoms with Crippen LogP contribution < -0.4 is 15.4 Å². The fraction of sp³-hybridized carbons (Fsp3) is 0.240. The zero-order chi connectivity index (χ0) is 24.5. The molecule has 0 aliphatic carbocycles. The number of ether oxygens (including phenoxy) is 1. The highest BCUT2D eigenvalue weighted by atomic mass is 35.5. The van der Waals surface area contributed by atoms with Gasteiger partial charge in [0, 0.05) is 19.2 Å². The number of carbonyl (C=O) groups excluding carboxylic acids is 1. The lowest BCUT2D eigenvalue weighted by molar-refractivity contribution is -0.139. The van der Waals surface area contributed by atoms with Gasteiger partial charge < -0.3 is 20.5 Å². The van der Waals surface area contributed by atoms with E-state index < -0.39 is 17.9 Å². The Morgan fingerprint density at radius 3 is 2.41 bits per heavy atom. The maximum absolute atomic E-state index is 12.6. The van der Waals surface area contributed by atoms with Gasteiger partial charge in [0.1, 0.15) is 17.6 Å². The molecule has 178 valence electrons. The number of anilines is 1. The van der Waals surface area contributed by atoms with Gasteiger partial charge in [-0.2, -0.15) is 0 Å². The molecule has 0 radical (unpaired) electrons. The number of hydrogen-bond acceptors (Lipinski definition) is 5. The molecule has 1 amide bonds. The first-order valence-corrected chi connectivity index (χ1v) is 11.5. The van der Waals surface area contributed by atoms with Crippen LogP contribution in [-0.2, 0) is 11.2 Å². The topological polar surface area (TPSA) is 101 Å². The minimum absolute atomic E-state index is 0.0496. The first kappa shape index (κ1) is 25.3. The van der Waals surface area contributed by atoms with Crippen LogP contribution in [0.2, 0.25) is 10.0 Å². The first-order valence-electron chi connectivity index (χ1n) is 10.7. The second-order valence-electron chi connectivity index (χ2n) is 7.61. The summed E-state index contributed by atoms with van der Waals surface area (Å²) in [6.45, 7) is 3.25. The van der Waals surface area contributed by atoms with Crippen LogP contribution in [0.3, 0.4) is 0 Å². The van der Waals surface area contributed by atoms with Gasteiger partial charge in [0.15, 0.2) is 0 Å². The summed E-state index contributed by atoms with van der Waals surface area (Å²) in [7, 11) is 0. The van der Waals surface area contributed by atoms with Crippen molar-refractivity contribution in [2.75, 3.05) is 18.5 Å². The van der Waals surface area contributed by atoms with Crippen molar-refractivity contribution in [2.24, 2.45) is 0 Å². The number of carbonyl (C=O) groups is 2. The van der Waals surface area contributed by atoms with Crippen molar-refractivity contribution in [1.82, 2.24) is 10.3 Å². The summed E-state index contributed by atoms with van der Waals surface area (Å²) >= 11 is 12.1. The van der Waals surface area contributed by atoms with Crippen molar-refractivity contribution in [2.45, 2.75) is 25.8 Å². The van der Waals surface area contributed by atoms with Crippen molar-refractivity contribution in [3.8, 4) is 5.75 Å². The number of aliphatic carboxylic acids is 1. The molecule has 0 saturated heterocycles. The zero-order valence-corrected chi connectivity index (χ0v) is 20.1. The molecule has 34 heavy (non-hydrogen) atoms. The molecule has 1 heterocycles. The average Bonchev–Trinajstić information content (AvgIpc) is 2.80. The Morgan fingerprint density at radius 2 is 1.76 bits per heavy atom. The largest absolute Gasteiger partial charge is 0.494 e. The molecular formula is C25H25Cl2N3O4. The molecule has 1 atom stereocenters. The van der Waals surface area contributed by atoms with Crippen LogP contribution in [0.1, 0.15) is 27.9 Å². The fourth-order valence-corrected chi connectivity index (χ4v) is 3.81. The standard InChI is InChI=1S/C25H25Cl2N3O4/c1-16-5-3-12-28-23(16)29-13-4-14-34-18-10-8-17(9-11-18)15-21(25(32)33)30-24(31)22-19(26)6-2-7-20(22)27/h2-3,5-12,21H,4,13-15H2,1H3,(H,28,29)(H,30,31)(H,32,33)/t21-/m0/s1. The van der Waals surface area contributed by atoms with E-state index in [-0.39, 0.29) is 22.0 Å². The van der Waals surface area contributed by atoms with Crippen LogP contribution in [0.5, 0.6) is 5.75 Å². The summed E-state index contributed by atoms with van der Waals surface area (Å²) in [5, 5.41) is 15.7. The number of carboxylic acids is 1. The molecule has 2 aromatic carbocycles. The monoisotopic (exact) mass is 501 g/mol. The molecule has 0 unspecified atom stereocenters. The third-order valence-electron chi connectivity index (χ3n) is 5.05. The number of pyridine rings is 1. The van der Waals surface area contributed by atoms with E-state index in [0.29, 0.717) is 12.4 Å². The molecule has 0 saturated carbocycles. The molecule has 0 spiro atoms. The summed E-state index contributed by atoms with van der Waals surface area (Å²) in [6, 6.07) is 14.5. The van der Waals surface area contributed by atoms with Gasteiger partial charge >= 0.3 is 5.97 Å². The maximum atomic E-state index is 12.6. The molecule has 1 aromatic heterocycles. The van der Waals surface area contributed by atoms with E-state index in [9.17, 15) is 14.7 Å². The van der Waals surface area contributed by atoms with Gasteiger partial charge in [0.2, 0.25) is 0 Å². The second-order valence-corrected chi connectivity index (χ2v) is 8.42. The van der Waals surface area contributed by atoms with Gasteiger partial charge in [0.05, 0.1) is 22.2 Å². The van der Waals surface area contributed by atoms with Gasteiger partial charge in [-0.1, -0.05) is 47.5 Å². The lowest BCUT2D eigenvalue weighted by Crippen LogP contribution is -2.42. The number of hydrogen-bond donors (Lipinski definition) is 3. The number of aromatic nitrogens is 1. The summed E-state index contributed by atoms with van der Waals surface area (Å²) in [5.74, 6) is -0.259. The molecule has 0 fully saturated rings. The Labute approximate surface area is 208 Å². The summed E-state index contributed by atoms with van der Waals surface area (Å²) in [5.41, 5.74) is 1.87. The Balaban J connectivity index is 1.49. The van der Waals surface area contributed by atoms with E-state index in [4.69, 9.17) is 27.9 Å². The summed E-state index contributed by atoms with van der Waals surface area (Å²) in [4.78, 5) is 28.6. The van der Waals surface area contributed by atoms with E-state index >= 15 is 0 Å². The van der Waals surface area contributed by atoms with Crippen LogP contribution in [0.25, 0.3) is 0 Å². The second kappa shape index (κ2) is 12.3. The van der Waals surface area contributed by atoms with Crippen LogP contribution in [0.15, 0.2) is 60.8 Å². The Morgan fingerprint density at radius 1 is 1.06 bits per heavy atom. The Bertz CT molecular complexity index is 1120. The third kappa shape index (κ3) is 7.10. The summed E-state index contributed by atoms with van der Waals surface area (Å²) < 4.78 is 5.75. The lowest BCUT2D eigenvalue weighted by atomic mass is 10.1. The minimum Gasteiger partial charge on any atom is -0.494 e. The predicted octanol–water partition coefficient (Wildman–Crippen LogP) is 5.00. The molecule has 7 nitrogen and oxygen atoms in total. The minimum atomic E-state index is -1.16. The number of nitrogens with zero attached hydrogens (tertiary/aromatic N) is 1. The maximum Gasteiger partial charge on any atom is 0.326 e. The Kier molecular flexibility index (Phi) is 9.13. The SMILES string of the molecule is Cc1cccnc1NCCCOc1ccc(C[C@H](NC(=O)c2c(Cl)cccc2Cl)C(=O)O)cc1. The molecule has 0 bridgehead atoms. The van der Waals surface area contributed by atoms with E-state index in [1.54, 1.807) is 36.5 Å². The molecule has 3 rings (SSSR count). The van der Waals surface area contributed by atoms with Crippen molar-refractivity contribution in [1.29, 1.82) is 0 Å². The van der Waals surface area contributed by atoms with Crippen molar-refractivity contribution < 1.29 is 19.4 Å². The van der Waals surface area contributed by atoms with Crippen LogP contribution in [0, 0.1) is 6.92 Å². The number of nitrogens with one attached hydrogen (secondary N) is 2. The quantitative estimate of drug-likeness (QED) is 0.319.